The van der Waals surface area contributed by atoms with E-state index in [0.717, 1.165) is 41.3 Å². The van der Waals surface area contributed by atoms with Crippen LogP contribution in [0.15, 0.2) is 16.9 Å². The lowest BCUT2D eigenvalue weighted by Crippen LogP contribution is -2.32. The molecule has 37 heavy (non-hydrogen) atoms. The third kappa shape index (κ3) is 4.53. The molecule has 3 aliphatic rings. The number of aliphatic hydroxyl groups excluding tert-OH is 1. The molecule has 8 nitrogen and oxygen atoms in total. The predicted molar refractivity (Wildman–Crippen MR) is 141 cm³/mol. The smallest absolute Gasteiger partial charge is 0.340 e. The Kier molecular flexibility index (Phi) is 7.70. The molecule has 196 valence electrons. The summed E-state index contributed by atoms with van der Waals surface area (Å²) in [6, 6.07) is 3.13. The number of aryl methyl sites for hydroxylation is 2. The molecule has 0 saturated heterocycles. The predicted octanol–water partition coefficient (Wildman–Crippen LogP) is 3.27. The lowest BCUT2D eigenvalue weighted by atomic mass is 9.85. The highest BCUT2D eigenvalue weighted by Gasteiger charge is 2.35. The third-order valence-corrected chi connectivity index (χ3v) is 7.12. The normalized spacial score (nSPS) is 16.4. The number of halogens is 1. The van der Waals surface area contributed by atoms with Gasteiger partial charge in [-0.1, -0.05) is 13.8 Å². The van der Waals surface area contributed by atoms with Crippen molar-refractivity contribution in [1.82, 2.24) is 9.55 Å². The van der Waals surface area contributed by atoms with E-state index in [4.69, 9.17) is 15.5 Å². The van der Waals surface area contributed by atoms with Gasteiger partial charge in [-0.3, -0.25) is 9.59 Å². The molecule has 4 heterocycles. The monoisotopic (exact) mass is 527 g/mol. The minimum absolute atomic E-state index is 0.141. The Balaban J connectivity index is 0.000000355. The fourth-order valence-corrected chi connectivity index (χ4v) is 5.39. The number of fused-ring (bicyclic) bond motifs is 5. The molecule has 0 bridgehead atoms. The summed E-state index contributed by atoms with van der Waals surface area (Å²) in [5.74, 6) is -0.768. The Morgan fingerprint density at radius 2 is 1.92 bits per heavy atom. The first kappa shape index (κ1) is 26.8. The number of thiol groups is 1. The largest absolute Gasteiger partial charge is 0.458 e. The molecule has 10 heteroatoms. The zero-order chi connectivity index (χ0) is 27.0. The van der Waals surface area contributed by atoms with Crippen molar-refractivity contribution in [2.75, 3.05) is 5.75 Å². The standard InChI is InChI=1S/C22H17FN2O4.C3H7NOS.C2H6/c1-9-10-3-2-4-11-13-7-25-17(19(13)24-16(18(10)11)6-15(9)23)5-12-14(21(25)27)8-29-22(28)20(12)26;4-3(5)1-2-6;1-2/h5-6,20,26H,2-4,7-8H2,1H3;6H,1-2H2,(H2,4,5);1-2H3. The number of carbonyl (C=O) groups excluding carboxylic acids is 2. The Morgan fingerprint density at radius 3 is 2.57 bits per heavy atom. The Hall–Kier alpha value is -3.24. The van der Waals surface area contributed by atoms with Crippen LogP contribution < -0.4 is 11.3 Å². The average molecular weight is 528 g/mol. The third-order valence-electron chi connectivity index (χ3n) is 6.90. The van der Waals surface area contributed by atoms with Gasteiger partial charge in [0.1, 0.15) is 12.4 Å². The van der Waals surface area contributed by atoms with Gasteiger partial charge in [-0.05, 0) is 54.7 Å². The summed E-state index contributed by atoms with van der Waals surface area (Å²) in [6.45, 7) is 6.05. The van der Waals surface area contributed by atoms with Crippen LogP contribution >= 0.6 is 12.6 Å². The van der Waals surface area contributed by atoms with Crippen LogP contribution in [0.2, 0.25) is 0 Å². The number of rotatable bonds is 2. The number of amides is 1. The van der Waals surface area contributed by atoms with Crippen molar-refractivity contribution in [2.45, 2.75) is 65.7 Å². The van der Waals surface area contributed by atoms with Crippen LogP contribution in [-0.4, -0.2) is 32.3 Å². The molecule has 0 radical (unpaired) electrons. The maximum Gasteiger partial charge on any atom is 0.340 e. The fraction of sp³-hybridized carbons (Fsp3) is 0.407. The number of aliphatic hydroxyl groups is 1. The molecular weight excluding hydrogens is 497 g/mol. The van der Waals surface area contributed by atoms with Crippen molar-refractivity contribution in [3.8, 4) is 11.4 Å². The van der Waals surface area contributed by atoms with Crippen molar-refractivity contribution in [1.29, 1.82) is 0 Å². The summed E-state index contributed by atoms with van der Waals surface area (Å²) in [5.41, 5.74) is 10.6. The zero-order valence-corrected chi connectivity index (χ0v) is 22.0. The summed E-state index contributed by atoms with van der Waals surface area (Å²) in [6.07, 6.45) is 1.49. The number of carbonyl (C=O) groups is 2. The van der Waals surface area contributed by atoms with Gasteiger partial charge in [0.15, 0.2) is 6.10 Å². The van der Waals surface area contributed by atoms with Crippen molar-refractivity contribution in [3.05, 3.63) is 61.7 Å². The van der Waals surface area contributed by atoms with Gasteiger partial charge in [0.2, 0.25) is 5.91 Å². The van der Waals surface area contributed by atoms with Crippen LogP contribution in [0.3, 0.4) is 0 Å². The van der Waals surface area contributed by atoms with Gasteiger partial charge in [0.05, 0.1) is 29.0 Å². The maximum atomic E-state index is 14.5. The molecule has 1 atom stereocenters. The number of nitrogens with two attached hydrogens (primary N) is 1. The Bertz CT molecular complexity index is 1480. The lowest BCUT2D eigenvalue weighted by molar-refractivity contribution is -0.157. The van der Waals surface area contributed by atoms with E-state index >= 15 is 0 Å². The molecule has 0 saturated carbocycles. The molecule has 2 aliphatic heterocycles. The van der Waals surface area contributed by atoms with Gasteiger partial charge in [-0.15, -0.1) is 0 Å². The van der Waals surface area contributed by atoms with Crippen LogP contribution in [0.5, 0.6) is 0 Å². The topological polar surface area (TPSA) is 125 Å². The molecule has 1 unspecified atom stereocenters. The number of nitrogens with zero attached hydrogens (tertiary/aromatic N) is 2. The second-order valence-electron chi connectivity index (χ2n) is 8.93. The van der Waals surface area contributed by atoms with Gasteiger partial charge < -0.3 is 20.1 Å². The van der Waals surface area contributed by atoms with Crippen LogP contribution in [0, 0.1) is 12.7 Å². The number of hydrogen-bond donors (Lipinski definition) is 3. The Labute approximate surface area is 219 Å². The summed E-state index contributed by atoms with van der Waals surface area (Å²) in [4.78, 5) is 39.4. The lowest BCUT2D eigenvalue weighted by Gasteiger charge is -2.22. The highest BCUT2D eigenvalue weighted by atomic mass is 32.1. The van der Waals surface area contributed by atoms with Crippen LogP contribution in [0.1, 0.15) is 66.2 Å². The summed E-state index contributed by atoms with van der Waals surface area (Å²) >= 11 is 3.76. The number of primary amides is 1. The van der Waals surface area contributed by atoms with Crippen molar-refractivity contribution in [3.63, 3.8) is 0 Å². The molecule has 3 aromatic rings. The van der Waals surface area contributed by atoms with E-state index < -0.39 is 12.1 Å². The first-order valence-corrected chi connectivity index (χ1v) is 13.0. The van der Waals surface area contributed by atoms with Gasteiger partial charge in [0, 0.05) is 29.0 Å². The first-order valence-electron chi connectivity index (χ1n) is 12.4. The SMILES string of the molecule is CC.Cc1c(F)cc2nc3c(c4c2c1CCC4)Cn1c-3cc2c(c1=O)COC(=O)C2O.NC(=O)CCS. The molecule has 0 fully saturated rings. The van der Waals surface area contributed by atoms with E-state index in [-0.39, 0.29) is 29.5 Å². The molecule has 0 spiro atoms. The minimum Gasteiger partial charge on any atom is -0.458 e. The van der Waals surface area contributed by atoms with E-state index in [9.17, 15) is 23.9 Å². The molecule has 1 aromatic carbocycles. The number of benzene rings is 1. The fourth-order valence-electron chi connectivity index (χ4n) is 5.17. The molecule has 1 aliphatic carbocycles. The average Bonchev–Trinajstić information content (AvgIpc) is 3.26. The number of pyridine rings is 2. The van der Waals surface area contributed by atoms with E-state index in [1.807, 2.05) is 13.8 Å². The van der Waals surface area contributed by atoms with E-state index in [2.05, 4.69) is 12.6 Å². The zero-order valence-electron chi connectivity index (χ0n) is 21.1. The maximum absolute atomic E-state index is 14.5. The summed E-state index contributed by atoms with van der Waals surface area (Å²) in [5, 5.41) is 11.2. The van der Waals surface area contributed by atoms with Crippen LogP contribution in [-0.2, 0) is 40.3 Å². The molecular formula is C27H30FN3O5S. The first-order chi connectivity index (χ1) is 17.7. The minimum atomic E-state index is -1.48. The summed E-state index contributed by atoms with van der Waals surface area (Å²) < 4.78 is 21.1. The number of cyclic esters (lactones) is 1. The van der Waals surface area contributed by atoms with Crippen molar-refractivity contribution in [2.24, 2.45) is 5.73 Å². The number of aromatic nitrogens is 2. The molecule has 1 amide bonds. The number of hydrogen-bond acceptors (Lipinski definition) is 7. The van der Waals surface area contributed by atoms with Gasteiger partial charge in [-0.2, -0.15) is 12.6 Å². The molecule has 6 rings (SSSR count). The van der Waals surface area contributed by atoms with E-state index in [0.29, 0.717) is 46.7 Å². The second-order valence-corrected chi connectivity index (χ2v) is 9.38. The van der Waals surface area contributed by atoms with Gasteiger partial charge >= 0.3 is 5.97 Å². The van der Waals surface area contributed by atoms with Crippen LogP contribution in [0.25, 0.3) is 22.3 Å². The van der Waals surface area contributed by atoms with Crippen LogP contribution in [0.4, 0.5) is 4.39 Å². The molecule has 3 N–H and O–H groups in total. The van der Waals surface area contributed by atoms with E-state index in [1.165, 1.54) is 6.07 Å². The summed E-state index contributed by atoms with van der Waals surface area (Å²) in [7, 11) is 0. The van der Waals surface area contributed by atoms with E-state index in [1.54, 1.807) is 17.6 Å². The number of ether oxygens (including phenoxy) is 1. The number of esters is 1. The highest BCUT2D eigenvalue weighted by Crippen LogP contribution is 2.41. The second kappa shape index (κ2) is 10.6. The molecule has 2 aromatic heterocycles. The quantitative estimate of drug-likeness (QED) is 0.272. The van der Waals surface area contributed by atoms with Gasteiger partial charge in [-0.25, -0.2) is 14.2 Å². The van der Waals surface area contributed by atoms with Gasteiger partial charge in [0.25, 0.3) is 5.56 Å². The van der Waals surface area contributed by atoms with Crippen molar-refractivity contribution >= 4 is 35.4 Å². The highest BCUT2D eigenvalue weighted by molar-refractivity contribution is 7.80. The van der Waals surface area contributed by atoms with Crippen molar-refractivity contribution < 1.29 is 23.8 Å². The Morgan fingerprint density at radius 1 is 1.22 bits per heavy atom.